The topological polar surface area (TPSA) is 92.7 Å². The summed E-state index contributed by atoms with van der Waals surface area (Å²) in [5, 5.41) is 8.84. The van der Waals surface area contributed by atoms with Crippen molar-refractivity contribution in [2.24, 2.45) is 0 Å². The summed E-state index contributed by atoms with van der Waals surface area (Å²) in [6, 6.07) is 0.621. The fraction of sp³-hybridized carbons (Fsp3) is 0.444. The first-order valence-corrected chi connectivity index (χ1v) is 7.92. The van der Waals surface area contributed by atoms with Crippen molar-refractivity contribution in [2.75, 3.05) is 13.7 Å². The van der Waals surface area contributed by atoms with Gasteiger partial charge in [-0.05, 0) is 28.9 Å². The Morgan fingerprint density at radius 1 is 1.67 bits per heavy atom. The molecule has 0 amide bonds. The van der Waals surface area contributed by atoms with Gasteiger partial charge in [0.1, 0.15) is 9.77 Å². The van der Waals surface area contributed by atoms with Crippen LogP contribution in [0.3, 0.4) is 0 Å². The van der Waals surface area contributed by atoms with Crippen LogP contribution in [-0.2, 0) is 14.8 Å². The van der Waals surface area contributed by atoms with Crippen LogP contribution in [0, 0.1) is 0 Å². The number of thiophene rings is 1. The number of sulfonamides is 1. The second-order valence-electron chi connectivity index (χ2n) is 3.45. The average molecular weight is 358 g/mol. The van der Waals surface area contributed by atoms with Crippen molar-refractivity contribution in [3.63, 3.8) is 0 Å². The molecule has 0 radical (unpaired) electrons. The van der Waals surface area contributed by atoms with E-state index >= 15 is 0 Å². The fourth-order valence-electron chi connectivity index (χ4n) is 1.10. The molecule has 0 fully saturated rings. The Hall–Kier alpha value is -0.480. The molecule has 0 saturated heterocycles. The summed E-state index contributed by atoms with van der Waals surface area (Å²) >= 11 is 4.06. The molecule has 1 rings (SSSR count). The smallest absolute Gasteiger partial charge is 0.348 e. The first kappa shape index (κ1) is 15.6. The summed E-state index contributed by atoms with van der Waals surface area (Å²) in [7, 11) is -2.56. The minimum Gasteiger partial charge on any atom is -0.465 e. The van der Waals surface area contributed by atoms with E-state index in [1.807, 2.05) is 0 Å². The van der Waals surface area contributed by atoms with Gasteiger partial charge in [-0.25, -0.2) is 17.9 Å². The third-order valence-corrected chi connectivity index (χ3v) is 5.78. The van der Waals surface area contributed by atoms with E-state index in [1.54, 1.807) is 0 Å². The first-order chi connectivity index (χ1) is 8.31. The van der Waals surface area contributed by atoms with Gasteiger partial charge < -0.3 is 9.84 Å². The molecule has 1 unspecified atom stereocenters. The zero-order chi connectivity index (χ0) is 13.9. The van der Waals surface area contributed by atoms with Gasteiger partial charge in [0, 0.05) is 6.04 Å². The van der Waals surface area contributed by atoms with E-state index in [9.17, 15) is 13.2 Å². The van der Waals surface area contributed by atoms with Gasteiger partial charge in [-0.2, -0.15) is 0 Å². The minimum absolute atomic E-state index is 0.0480. The molecule has 0 bridgehead atoms. The molecule has 0 aliphatic heterocycles. The molecule has 1 atom stereocenters. The Bertz CT molecular complexity index is 539. The molecule has 6 nitrogen and oxygen atoms in total. The highest BCUT2D eigenvalue weighted by Gasteiger charge is 2.24. The van der Waals surface area contributed by atoms with Crippen LogP contribution in [0.2, 0.25) is 0 Å². The normalized spacial score (nSPS) is 13.3. The lowest BCUT2D eigenvalue weighted by atomic mass is 10.4. The highest BCUT2D eigenvalue weighted by Crippen LogP contribution is 2.32. The van der Waals surface area contributed by atoms with E-state index in [0.29, 0.717) is 3.79 Å². The summed E-state index contributed by atoms with van der Waals surface area (Å²) in [5.41, 5.74) is 0. The van der Waals surface area contributed by atoms with Crippen LogP contribution in [0.1, 0.15) is 16.6 Å². The van der Waals surface area contributed by atoms with Gasteiger partial charge in [0.25, 0.3) is 0 Å². The van der Waals surface area contributed by atoms with Crippen molar-refractivity contribution in [3.8, 4) is 0 Å². The lowest BCUT2D eigenvalue weighted by Crippen LogP contribution is -2.34. The van der Waals surface area contributed by atoms with Crippen LogP contribution in [0.15, 0.2) is 14.7 Å². The van der Waals surface area contributed by atoms with Gasteiger partial charge in [0.2, 0.25) is 10.0 Å². The van der Waals surface area contributed by atoms with Gasteiger partial charge in [-0.15, -0.1) is 11.3 Å². The van der Waals surface area contributed by atoms with Gasteiger partial charge in [0.05, 0.1) is 17.5 Å². The molecule has 2 N–H and O–H groups in total. The third-order valence-electron chi connectivity index (χ3n) is 1.96. The van der Waals surface area contributed by atoms with Crippen molar-refractivity contribution < 1.29 is 23.1 Å². The van der Waals surface area contributed by atoms with E-state index in [1.165, 1.54) is 20.1 Å². The molecule has 1 aromatic rings. The van der Waals surface area contributed by atoms with E-state index in [4.69, 9.17) is 5.11 Å². The molecule has 102 valence electrons. The molecular weight excluding hydrogens is 346 g/mol. The average Bonchev–Trinajstić information content (AvgIpc) is 2.70. The van der Waals surface area contributed by atoms with Crippen LogP contribution in [-0.4, -0.2) is 39.3 Å². The molecule has 9 heteroatoms. The number of esters is 1. The number of ether oxygens (including phenoxy) is 1. The lowest BCUT2D eigenvalue weighted by Gasteiger charge is -2.10. The van der Waals surface area contributed by atoms with Gasteiger partial charge in [-0.3, -0.25) is 0 Å². The second-order valence-corrected chi connectivity index (χ2v) is 7.50. The fourth-order valence-corrected chi connectivity index (χ4v) is 4.82. The standard InChI is InChI=1S/C9H12BrNO5S2/c1-5(4-12)11-18(14,15)7-3-6(9(13)16-2)17-8(7)10/h3,5,11-12H,4H2,1-2H3. The van der Waals surface area contributed by atoms with Crippen LogP contribution < -0.4 is 4.72 Å². The Kier molecular flexibility index (Phi) is 5.29. The van der Waals surface area contributed by atoms with Crippen molar-refractivity contribution in [1.82, 2.24) is 4.72 Å². The number of carbonyl (C=O) groups excluding carboxylic acids is 1. The Balaban J connectivity index is 3.10. The monoisotopic (exact) mass is 357 g/mol. The van der Waals surface area contributed by atoms with Gasteiger partial charge in [0.15, 0.2) is 0 Å². The first-order valence-electron chi connectivity index (χ1n) is 4.82. The summed E-state index contributed by atoms with van der Waals surface area (Å²) in [6.07, 6.45) is 0. The second kappa shape index (κ2) is 6.11. The van der Waals surface area contributed by atoms with Crippen LogP contribution in [0.4, 0.5) is 0 Å². The number of nitrogens with one attached hydrogen (secondary N) is 1. The maximum absolute atomic E-state index is 11.9. The predicted molar refractivity (Wildman–Crippen MR) is 70.2 cm³/mol. The molecule has 0 aliphatic carbocycles. The Morgan fingerprint density at radius 3 is 2.78 bits per heavy atom. The number of aliphatic hydroxyl groups excluding tert-OH is 1. The Labute approximate surface area is 117 Å². The number of methoxy groups -OCH3 is 1. The van der Waals surface area contributed by atoms with E-state index in [0.717, 1.165) is 11.3 Å². The quantitative estimate of drug-likeness (QED) is 0.765. The molecule has 0 spiro atoms. The molecule has 1 aromatic heterocycles. The highest BCUT2D eigenvalue weighted by atomic mass is 79.9. The molecular formula is C9H12BrNO5S2. The maximum atomic E-state index is 11.9. The predicted octanol–water partition coefficient (Wildman–Crippen LogP) is 0.956. The zero-order valence-electron chi connectivity index (χ0n) is 9.64. The van der Waals surface area contributed by atoms with Crippen LogP contribution in [0.25, 0.3) is 0 Å². The highest BCUT2D eigenvalue weighted by molar-refractivity contribution is 9.11. The molecule has 0 aliphatic rings. The summed E-state index contributed by atoms with van der Waals surface area (Å²) < 4.78 is 31.0. The number of hydrogen-bond acceptors (Lipinski definition) is 6. The summed E-state index contributed by atoms with van der Waals surface area (Å²) in [5.74, 6) is -0.600. The molecule has 0 aromatic carbocycles. The summed E-state index contributed by atoms with van der Waals surface area (Å²) in [6.45, 7) is 1.21. The molecule has 18 heavy (non-hydrogen) atoms. The minimum atomic E-state index is -3.78. The zero-order valence-corrected chi connectivity index (χ0v) is 12.9. The summed E-state index contributed by atoms with van der Waals surface area (Å²) in [4.78, 5) is 11.4. The van der Waals surface area contributed by atoms with Crippen molar-refractivity contribution in [3.05, 3.63) is 14.7 Å². The largest absolute Gasteiger partial charge is 0.465 e. The SMILES string of the molecule is COC(=O)c1cc(S(=O)(=O)NC(C)CO)c(Br)s1. The number of hydrogen-bond donors (Lipinski definition) is 2. The van der Waals surface area contributed by atoms with Crippen LogP contribution in [0.5, 0.6) is 0 Å². The van der Waals surface area contributed by atoms with Gasteiger partial charge >= 0.3 is 5.97 Å². The Morgan fingerprint density at radius 2 is 2.28 bits per heavy atom. The molecule has 1 heterocycles. The van der Waals surface area contributed by atoms with E-state index < -0.39 is 22.0 Å². The van der Waals surface area contributed by atoms with Crippen molar-refractivity contribution in [2.45, 2.75) is 17.9 Å². The lowest BCUT2D eigenvalue weighted by molar-refractivity contribution is 0.0606. The van der Waals surface area contributed by atoms with Crippen LogP contribution >= 0.6 is 27.3 Å². The van der Waals surface area contributed by atoms with Crippen molar-refractivity contribution in [1.29, 1.82) is 0 Å². The number of rotatable bonds is 5. The maximum Gasteiger partial charge on any atom is 0.348 e. The number of aliphatic hydroxyl groups is 1. The number of carbonyl (C=O) groups is 1. The van der Waals surface area contributed by atoms with Gasteiger partial charge in [-0.1, -0.05) is 0 Å². The van der Waals surface area contributed by atoms with Crippen molar-refractivity contribution >= 4 is 43.3 Å². The van der Waals surface area contributed by atoms with E-state index in [-0.39, 0.29) is 16.4 Å². The van der Waals surface area contributed by atoms with E-state index in [2.05, 4.69) is 25.4 Å². The number of halogens is 1. The third kappa shape index (κ3) is 3.51. The molecule has 0 saturated carbocycles.